The van der Waals surface area contributed by atoms with Crippen LogP contribution in [0.15, 0.2) is 29.0 Å². The van der Waals surface area contributed by atoms with Gasteiger partial charge < -0.3 is 0 Å². The first-order chi connectivity index (χ1) is 6.52. The molecule has 0 rings (SSSR count). The van der Waals surface area contributed by atoms with Crippen LogP contribution in [0.2, 0.25) is 0 Å². The van der Waals surface area contributed by atoms with Gasteiger partial charge in [-0.2, -0.15) is 0 Å². The van der Waals surface area contributed by atoms with Crippen molar-refractivity contribution in [1.82, 2.24) is 0 Å². The summed E-state index contributed by atoms with van der Waals surface area (Å²) >= 11 is 0. The maximum absolute atomic E-state index is 10.6. The first-order valence-electron chi connectivity index (χ1n) is 5.06. The van der Waals surface area contributed by atoms with Gasteiger partial charge in [0.15, 0.2) is 0 Å². The molecule has 1 heteroatoms. The molecular formula is C13H20O. The van der Waals surface area contributed by atoms with E-state index in [0.717, 1.165) is 12.8 Å². The molecule has 0 N–H and O–H groups in total. The number of hydrogen-bond acceptors (Lipinski definition) is 1. The van der Waals surface area contributed by atoms with Gasteiger partial charge in [-0.1, -0.05) is 11.6 Å². The number of carbonyl (C=O) groups is 1. The van der Waals surface area contributed by atoms with Crippen LogP contribution in [0.25, 0.3) is 0 Å². The highest BCUT2D eigenvalue weighted by Crippen LogP contribution is 2.05. The second kappa shape index (κ2) is 7.34. The average molecular weight is 192 g/mol. The molecular weight excluding hydrogens is 172 g/mol. The number of hydrogen-bond donors (Lipinski definition) is 0. The molecule has 0 spiro atoms. The van der Waals surface area contributed by atoms with Crippen LogP contribution in [0.5, 0.6) is 0 Å². The molecule has 0 fully saturated rings. The number of carbonyl (C=O) groups excluding carboxylic acids is 1. The average Bonchev–Trinajstić information content (AvgIpc) is 2.02. The van der Waals surface area contributed by atoms with Gasteiger partial charge in [-0.05, 0) is 52.2 Å². The third-order valence-corrected chi connectivity index (χ3v) is 1.81. The second-order valence-electron chi connectivity index (χ2n) is 3.86. The second-order valence-corrected chi connectivity index (χ2v) is 3.86. The molecule has 1 nitrogen and oxygen atoms in total. The highest BCUT2D eigenvalue weighted by atomic mass is 16.1. The molecule has 0 radical (unpaired) electrons. The highest BCUT2D eigenvalue weighted by molar-refractivity contribution is 5.76. The molecule has 0 aliphatic heterocycles. The Balaban J connectivity index is 3.94. The lowest BCUT2D eigenvalue weighted by Gasteiger charge is -1.94. The molecule has 0 aliphatic rings. The van der Waals surface area contributed by atoms with Crippen LogP contribution in [0.3, 0.4) is 0 Å². The summed E-state index contributed by atoms with van der Waals surface area (Å²) in [6.45, 7) is 7.85. The van der Waals surface area contributed by atoms with Crippen molar-refractivity contribution in [2.75, 3.05) is 0 Å². The van der Waals surface area contributed by atoms with Crippen molar-refractivity contribution in [2.24, 2.45) is 0 Å². The molecule has 14 heavy (non-hydrogen) atoms. The van der Waals surface area contributed by atoms with E-state index in [2.05, 4.69) is 32.6 Å². The fraction of sp³-hybridized carbons (Fsp3) is 0.538. The summed E-state index contributed by atoms with van der Waals surface area (Å²) in [4.78, 5) is 10.6. The highest BCUT2D eigenvalue weighted by Gasteiger charge is 1.87. The summed E-state index contributed by atoms with van der Waals surface area (Å²) in [6, 6.07) is 0. The molecule has 0 aromatic rings. The van der Waals surface area contributed by atoms with Gasteiger partial charge in [-0.25, -0.2) is 0 Å². The number of allylic oxidation sites excluding steroid dienone is 3. The van der Waals surface area contributed by atoms with E-state index in [9.17, 15) is 4.79 Å². The van der Waals surface area contributed by atoms with Crippen molar-refractivity contribution in [1.29, 1.82) is 0 Å². The van der Waals surface area contributed by atoms with E-state index in [1.165, 1.54) is 11.1 Å². The molecule has 0 atom stereocenters. The zero-order chi connectivity index (χ0) is 11.0. The van der Waals surface area contributed by atoms with Crippen molar-refractivity contribution in [3.8, 4) is 0 Å². The Kier molecular flexibility index (Phi) is 6.78. The SMILES string of the molecule is CC(=O)CC=C=C(C)CCC=C(C)C. The molecule has 0 saturated heterocycles. The quantitative estimate of drug-likeness (QED) is 0.478. The predicted molar refractivity (Wildman–Crippen MR) is 61.2 cm³/mol. The van der Waals surface area contributed by atoms with Crippen molar-refractivity contribution in [2.45, 2.75) is 47.0 Å². The van der Waals surface area contributed by atoms with Gasteiger partial charge in [0.1, 0.15) is 5.78 Å². The molecule has 0 aliphatic carbocycles. The summed E-state index contributed by atoms with van der Waals surface area (Å²) in [5.41, 5.74) is 5.69. The summed E-state index contributed by atoms with van der Waals surface area (Å²) in [7, 11) is 0. The monoisotopic (exact) mass is 192 g/mol. The molecule has 0 aromatic carbocycles. The first kappa shape index (κ1) is 12.9. The smallest absolute Gasteiger partial charge is 0.134 e. The first-order valence-corrected chi connectivity index (χ1v) is 5.06. The fourth-order valence-electron chi connectivity index (χ4n) is 1.02. The van der Waals surface area contributed by atoms with E-state index in [-0.39, 0.29) is 5.78 Å². The van der Waals surface area contributed by atoms with Gasteiger partial charge >= 0.3 is 0 Å². The van der Waals surface area contributed by atoms with Gasteiger partial charge in [0, 0.05) is 6.42 Å². The van der Waals surface area contributed by atoms with E-state index in [1.807, 2.05) is 6.08 Å². The number of Topliss-reactive ketones (excluding diaryl/α,β-unsaturated/α-hetero) is 1. The maximum Gasteiger partial charge on any atom is 0.134 e. The predicted octanol–water partition coefficient (Wildman–Crippen LogP) is 3.81. The Hall–Kier alpha value is -1.07. The van der Waals surface area contributed by atoms with Crippen molar-refractivity contribution in [3.05, 3.63) is 29.0 Å². The number of ketones is 1. The van der Waals surface area contributed by atoms with Gasteiger partial charge in [-0.3, -0.25) is 4.79 Å². The lowest BCUT2D eigenvalue weighted by molar-refractivity contribution is -0.116. The minimum Gasteiger partial charge on any atom is -0.300 e. The van der Waals surface area contributed by atoms with Crippen LogP contribution in [0.4, 0.5) is 0 Å². The topological polar surface area (TPSA) is 17.1 Å². The Bertz CT molecular complexity index is 272. The summed E-state index contributed by atoms with van der Waals surface area (Å²) in [5.74, 6) is 0.189. The standard InChI is InChI=1S/C13H20O/c1-11(2)7-5-8-12(3)9-6-10-13(4)14/h6-7H,5,8,10H2,1-4H3. The molecule has 78 valence electrons. The fourth-order valence-corrected chi connectivity index (χ4v) is 1.02. The molecule has 0 heterocycles. The lowest BCUT2D eigenvalue weighted by Crippen LogP contribution is -1.83. The molecule has 0 aromatic heterocycles. The van der Waals surface area contributed by atoms with Crippen molar-refractivity contribution in [3.63, 3.8) is 0 Å². The number of rotatable bonds is 5. The van der Waals surface area contributed by atoms with Crippen LogP contribution in [-0.2, 0) is 4.79 Å². The van der Waals surface area contributed by atoms with E-state index in [0.29, 0.717) is 6.42 Å². The molecule has 0 amide bonds. The zero-order valence-corrected chi connectivity index (χ0v) is 9.68. The van der Waals surface area contributed by atoms with E-state index in [4.69, 9.17) is 0 Å². The molecule has 0 unspecified atom stereocenters. The van der Waals surface area contributed by atoms with E-state index in [1.54, 1.807) is 6.92 Å². The Morgan fingerprint density at radius 2 is 1.86 bits per heavy atom. The van der Waals surface area contributed by atoms with Gasteiger partial charge in [0.05, 0.1) is 0 Å². The van der Waals surface area contributed by atoms with Crippen LogP contribution in [0.1, 0.15) is 47.0 Å². The Morgan fingerprint density at radius 3 is 2.36 bits per heavy atom. The summed E-state index contributed by atoms with van der Waals surface area (Å²) in [5, 5.41) is 0. The Morgan fingerprint density at radius 1 is 1.21 bits per heavy atom. The normalized spacial score (nSPS) is 8.86. The lowest BCUT2D eigenvalue weighted by atomic mass is 10.1. The molecule has 0 saturated carbocycles. The maximum atomic E-state index is 10.6. The van der Waals surface area contributed by atoms with Crippen LogP contribution in [0, 0.1) is 0 Å². The third-order valence-electron chi connectivity index (χ3n) is 1.81. The minimum atomic E-state index is 0.189. The summed E-state index contributed by atoms with van der Waals surface area (Å²) in [6.07, 6.45) is 6.63. The van der Waals surface area contributed by atoms with Crippen LogP contribution in [-0.4, -0.2) is 5.78 Å². The Labute approximate surface area is 87.2 Å². The van der Waals surface area contributed by atoms with E-state index < -0.39 is 0 Å². The third kappa shape index (κ3) is 9.02. The van der Waals surface area contributed by atoms with Crippen LogP contribution < -0.4 is 0 Å². The van der Waals surface area contributed by atoms with Crippen LogP contribution >= 0.6 is 0 Å². The molecule has 0 bridgehead atoms. The summed E-state index contributed by atoms with van der Waals surface area (Å²) < 4.78 is 0. The largest absolute Gasteiger partial charge is 0.300 e. The van der Waals surface area contributed by atoms with Gasteiger partial charge in [0.2, 0.25) is 0 Å². The van der Waals surface area contributed by atoms with Gasteiger partial charge in [-0.15, -0.1) is 5.73 Å². The van der Waals surface area contributed by atoms with Crippen molar-refractivity contribution >= 4 is 5.78 Å². The van der Waals surface area contributed by atoms with E-state index >= 15 is 0 Å². The van der Waals surface area contributed by atoms with Gasteiger partial charge in [0.25, 0.3) is 0 Å². The zero-order valence-electron chi connectivity index (χ0n) is 9.68. The van der Waals surface area contributed by atoms with Crippen molar-refractivity contribution < 1.29 is 4.79 Å². The minimum absolute atomic E-state index is 0.189.